The standard InChI is InChI=1S/C8H7N3O3/c1-14-5-3-2-4-11-6(5)9-10-7(11)8(12)13/h2-4H,1H3,(H,12,13). The SMILES string of the molecule is COc1cccn2c(C(=O)O)nnc12. The summed E-state index contributed by atoms with van der Waals surface area (Å²) in [6.45, 7) is 0. The molecule has 2 heterocycles. The molecular weight excluding hydrogens is 186 g/mol. The number of aromatic carboxylic acids is 1. The Hall–Kier alpha value is -2.11. The molecule has 0 fully saturated rings. The van der Waals surface area contributed by atoms with Gasteiger partial charge in [-0.1, -0.05) is 0 Å². The molecule has 0 aromatic carbocycles. The summed E-state index contributed by atoms with van der Waals surface area (Å²) in [4.78, 5) is 10.7. The van der Waals surface area contributed by atoms with Crippen LogP contribution in [0.2, 0.25) is 0 Å². The van der Waals surface area contributed by atoms with Crippen LogP contribution in [0, 0.1) is 0 Å². The quantitative estimate of drug-likeness (QED) is 0.748. The Kier molecular flexibility index (Phi) is 1.81. The number of carbonyl (C=O) groups is 1. The van der Waals surface area contributed by atoms with E-state index in [1.807, 2.05) is 0 Å². The maximum absolute atomic E-state index is 10.7. The summed E-state index contributed by atoms with van der Waals surface area (Å²) in [7, 11) is 1.49. The third-order valence-electron chi connectivity index (χ3n) is 1.81. The van der Waals surface area contributed by atoms with Crippen LogP contribution < -0.4 is 4.74 Å². The van der Waals surface area contributed by atoms with E-state index in [1.165, 1.54) is 11.5 Å². The molecule has 14 heavy (non-hydrogen) atoms. The van der Waals surface area contributed by atoms with Crippen molar-refractivity contribution in [2.24, 2.45) is 0 Å². The van der Waals surface area contributed by atoms with Crippen molar-refractivity contribution in [2.45, 2.75) is 0 Å². The Morgan fingerprint density at radius 3 is 3.00 bits per heavy atom. The highest BCUT2D eigenvalue weighted by molar-refractivity contribution is 5.84. The van der Waals surface area contributed by atoms with Crippen molar-refractivity contribution >= 4 is 11.6 Å². The molecule has 0 radical (unpaired) electrons. The Labute approximate surface area is 78.8 Å². The van der Waals surface area contributed by atoms with Crippen molar-refractivity contribution in [3.8, 4) is 5.75 Å². The molecule has 6 heteroatoms. The summed E-state index contributed by atoms with van der Waals surface area (Å²) in [6, 6.07) is 3.36. The number of methoxy groups -OCH3 is 1. The second-order valence-electron chi connectivity index (χ2n) is 2.60. The van der Waals surface area contributed by atoms with Crippen LogP contribution in [0.5, 0.6) is 5.75 Å². The van der Waals surface area contributed by atoms with Gasteiger partial charge in [-0.2, -0.15) is 0 Å². The van der Waals surface area contributed by atoms with Gasteiger partial charge in [-0.15, -0.1) is 10.2 Å². The number of nitrogens with zero attached hydrogens (tertiary/aromatic N) is 3. The minimum atomic E-state index is -1.12. The second-order valence-corrected chi connectivity index (χ2v) is 2.60. The minimum Gasteiger partial charge on any atom is -0.493 e. The molecule has 0 spiro atoms. The summed E-state index contributed by atoms with van der Waals surface area (Å²) in [5.74, 6) is -0.753. The molecule has 1 N–H and O–H groups in total. The number of hydrogen-bond acceptors (Lipinski definition) is 4. The zero-order valence-electron chi connectivity index (χ0n) is 7.34. The van der Waals surface area contributed by atoms with E-state index in [2.05, 4.69) is 10.2 Å². The molecule has 0 atom stereocenters. The van der Waals surface area contributed by atoms with E-state index >= 15 is 0 Å². The Balaban J connectivity index is 2.75. The van der Waals surface area contributed by atoms with E-state index < -0.39 is 5.97 Å². The molecule has 0 aliphatic carbocycles. The van der Waals surface area contributed by atoms with Crippen LogP contribution >= 0.6 is 0 Å². The third-order valence-corrected chi connectivity index (χ3v) is 1.81. The van der Waals surface area contributed by atoms with Crippen molar-refractivity contribution in [1.29, 1.82) is 0 Å². The highest BCUT2D eigenvalue weighted by atomic mass is 16.5. The fourth-order valence-corrected chi connectivity index (χ4v) is 1.20. The number of carboxylic acids is 1. The summed E-state index contributed by atoms with van der Waals surface area (Å²) >= 11 is 0. The monoisotopic (exact) mass is 193 g/mol. The number of rotatable bonds is 2. The van der Waals surface area contributed by atoms with E-state index in [1.54, 1.807) is 18.3 Å². The first kappa shape index (κ1) is 8.49. The molecule has 0 aliphatic heterocycles. The largest absolute Gasteiger partial charge is 0.493 e. The maximum Gasteiger partial charge on any atom is 0.374 e. The number of pyridine rings is 1. The Bertz CT molecular complexity index is 492. The van der Waals surface area contributed by atoms with Gasteiger partial charge >= 0.3 is 5.97 Å². The van der Waals surface area contributed by atoms with Crippen molar-refractivity contribution < 1.29 is 14.6 Å². The Morgan fingerprint density at radius 1 is 1.57 bits per heavy atom. The fraction of sp³-hybridized carbons (Fsp3) is 0.125. The highest BCUT2D eigenvalue weighted by Crippen LogP contribution is 2.17. The summed E-state index contributed by atoms with van der Waals surface area (Å²) < 4.78 is 6.37. The minimum absolute atomic E-state index is 0.126. The molecule has 0 unspecified atom stereocenters. The molecular formula is C8H7N3O3. The van der Waals surface area contributed by atoms with Gasteiger partial charge in [-0.25, -0.2) is 4.79 Å². The second kappa shape index (κ2) is 2.99. The van der Waals surface area contributed by atoms with Gasteiger partial charge in [0, 0.05) is 6.20 Å². The normalized spacial score (nSPS) is 10.4. The van der Waals surface area contributed by atoms with E-state index in [0.717, 1.165) is 0 Å². The third kappa shape index (κ3) is 1.08. The zero-order chi connectivity index (χ0) is 10.1. The molecule has 0 saturated carbocycles. The molecule has 0 saturated heterocycles. The van der Waals surface area contributed by atoms with Crippen LogP contribution in [0.1, 0.15) is 10.6 Å². The Morgan fingerprint density at radius 2 is 2.36 bits per heavy atom. The average molecular weight is 193 g/mol. The lowest BCUT2D eigenvalue weighted by molar-refractivity contribution is 0.0682. The van der Waals surface area contributed by atoms with Crippen LogP contribution in [0.4, 0.5) is 0 Å². The van der Waals surface area contributed by atoms with Gasteiger partial charge < -0.3 is 9.84 Å². The van der Waals surface area contributed by atoms with Crippen molar-refractivity contribution in [1.82, 2.24) is 14.6 Å². The number of ether oxygens (including phenoxy) is 1. The first-order chi connectivity index (χ1) is 6.74. The van der Waals surface area contributed by atoms with Crippen LogP contribution in [-0.2, 0) is 0 Å². The van der Waals surface area contributed by atoms with Gasteiger partial charge in [0.15, 0.2) is 5.75 Å². The van der Waals surface area contributed by atoms with Crippen LogP contribution in [0.3, 0.4) is 0 Å². The molecule has 0 amide bonds. The van der Waals surface area contributed by atoms with Crippen LogP contribution in [-0.4, -0.2) is 32.8 Å². The lowest BCUT2D eigenvalue weighted by Gasteiger charge is -2.00. The maximum atomic E-state index is 10.7. The van der Waals surface area contributed by atoms with Crippen molar-refractivity contribution in [3.63, 3.8) is 0 Å². The van der Waals surface area contributed by atoms with Crippen molar-refractivity contribution in [2.75, 3.05) is 7.11 Å². The average Bonchev–Trinajstić information content (AvgIpc) is 2.60. The van der Waals surface area contributed by atoms with Gasteiger partial charge in [-0.3, -0.25) is 4.40 Å². The fourth-order valence-electron chi connectivity index (χ4n) is 1.20. The zero-order valence-corrected chi connectivity index (χ0v) is 7.34. The van der Waals surface area contributed by atoms with Crippen LogP contribution in [0.15, 0.2) is 18.3 Å². The number of fused-ring (bicyclic) bond motifs is 1. The van der Waals surface area contributed by atoms with Crippen LogP contribution in [0.25, 0.3) is 5.65 Å². The van der Waals surface area contributed by atoms with Gasteiger partial charge in [0.25, 0.3) is 0 Å². The summed E-state index contributed by atoms with van der Waals surface area (Å²) in [6.07, 6.45) is 1.57. The number of hydrogen-bond donors (Lipinski definition) is 1. The number of carboxylic acid groups (broad SMARTS) is 1. The first-order valence-electron chi connectivity index (χ1n) is 3.85. The van der Waals surface area contributed by atoms with Gasteiger partial charge in [0.05, 0.1) is 7.11 Å². The van der Waals surface area contributed by atoms with Gasteiger partial charge in [0.1, 0.15) is 0 Å². The van der Waals surface area contributed by atoms with E-state index in [-0.39, 0.29) is 5.82 Å². The van der Waals surface area contributed by atoms with Gasteiger partial charge in [-0.05, 0) is 12.1 Å². The topological polar surface area (TPSA) is 76.7 Å². The van der Waals surface area contributed by atoms with Gasteiger partial charge in [0.2, 0.25) is 11.5 Å². The highest BCUT2D eigenvalue weighted by Gasteiger charge is 2.14. The predicted octanol–water partition coefficient (Wildman–Crippen LogP) is 0.436. The molecule has 2 rings (SSSR count). The summed E-state index contributed by atoms with van der Waals surface area (Å²) in [5, 5.41) is 16.0. The predicted molar refractivity (Wildman–Crippen MR) is 46.5 cm³/mol. The molecule has 0 bridgehead atoms. The first-order valence-corrected chi connectivity index (χ1v) is 3.85. The lowest BCUT2D eigenvalue weighted by Crippen LogP contribution is -2.03. The molecule has 0 aliphatic rings. The molecule has 2 aromatic heterocycles. The van der Waals surface area contributed by atoms with E-state index in [9.17, 15) is 4.79 Å². The summed E-state index contributed by atoms with van der Waals surface area (Å²) in [5.41, 5.74) is 0.396. The smallest absolute Gasteiger partial charge is 0.374 e. The van der Waals surface area contributed by atoms with E-state index in [0.29, 0.717) is 11.4 Å². The molecule has 72 valence electrons. The van der Waals surface area contributed by atoms with E-state index in [4.69, 9.17) is 9.84 Å². The lowest BCUT2D eigenvalue weighted by atomic mass is 10.4. The van der Waals surface area contributed by atoms with Crippen molar-refractivity contribution in [3.05, 3.63) is 24.2 Å². The molecule has 6 nitrogen and oxygen atoms in total. The number of aromatic nitrogens is 3. The molecule has 2 aromatic rings.